The fraction of sp³-hybridized carbons (Fsp3) is 0.600. The molecule has 0 atom stereocenters. The van der Waals surface area contributed by atoms with Gasteiger partial charge in [0.05, 0.1) is 0 Å². The van der Waals surface area contributed by atoms with Crippen molar-refractivity contribution in [3.05, 3.63) is 23.9 Å². The minimum atomic E-state index is 0.273. The standard InChI is InChI=1S/C15H21N3S/c1-11-4-7-13(16-10-11)17-14(19)18-15(12-5-6-12)8-2-3-9-15/h4,7,10,12H,2-3,5-6,8-9H2,1H3,(H2,16,17,18,19). The lowest BCUT2D eigenvalue weighted by molar-refractivity contribution is 0.340. The minimum absolute atomic E-state index is 0.273. The second kappa shape index (κ2) is 5.08. The van der Waals surface area contributed by atoms with Gasteiger partial charge in [0.25, 0.3) is 0 Å². The average molecular weight is 275 g/mol. The number of nitrogens with one attached hydrogen (secondary N) is 2. The quantitative estimate of drug-likeness (QED) is 0.829. The van der Waals surface area contributed by atoms with Crippen molar-refractivity contribution in [3.63, 3.8) is 0 Å². The van der Waals surface area contributed by atoms with Crippen LogP contribution in [0.5, 0.6) is 0 Å². The summed E-state index contributed by atoms with van der Waals surface area (Å²) in [4.78, 5) is 4.34. The molecule has 102 valence electrons. The number of aryl methyl sites for hydroxylation is 1. The molecule has 0 bridgehead atoms. The molecule has 3 rings (SSSR count). The number of rotatable bonds is 3. The summed E-state index contributed by atoms with van der Waals surface area (Å²) in [5.74, 6) is 1.66. The summed E-state index contributed by atoms with van der Waals surface area (Å²) >= 11 is 5.46. The van der Waals surface area contributed by atoms with Crippen LogP contribution in [0.2, 0.25) is 0 Å². The fourth-order valence-corrected chi connectivity index (χ4v) is 3.50. The van der Waals surface area contributed by atoms with Gasteiger partial charge in [-0.2, -0.15) is 0 Å². The van der Waals surface area contributed by atoms with Crippen LogP contribution in [-0.2, 0) is 0 Å². The van der Waals surface area contributed by atoms with E-state index in [2.05, 4.69) is 15.6 Å². The number of anilines is 1. The van der Waals surface area contributed by atoms with Gasteiger partial charge in [-0.15, -0.1) is 0 Å². The third-order valence-electron chi connectivity index (χ3n) is 4.37. The normalized spacial score (nSPS) is 21.1. The van der Waals surface area contributed by atoms with Crippen LogP contribution in [0.3, 0.4) is 0 Å². The van der Waals surface area contributed by atoms with E-state index in [1.54, 1.807) is 0 Å². The lowest BCUT2D eigenvalue weighted by Gasteiger charge is -2.32. The smallest absolute Gasteiger partial charge is 0.172 e. The van der Waals surface area contributed by atoms with Gasteiger partial charge in [-0.25, -0.2) is 4.98 Å². The predicted octanol–water partition coefficient (Wildman–Crippen LogP) is 3.40. The first kappa shape index (κ1) is 12.9. The second-order valence-corrected chi connectivity index (χ2v) is 6.35. The summed E-state index contributed by atoms with van der Waals surface area (Å²) in [6.07, 6.45) is 9.76. The average Bonchev–Trinajstić information content (AvgIpc) is 3.15. The maximum atomic E-state index is 5.46. The molecule has 0 spiro atoms. The molecule has 1 heterocycles. The highest BCUT2D eigenvalue weighted by molar-refractivity contribution is 7.80. The number of aromatic nitrogens is 1. The van der Waals surface area contributed by atoms with E-state index < -0.39 is 0 Å². The van der Waals surface area contributed by atoms with Gasteiger partial charge >= 0.3 is 0 Å². The van der Waals surface area contributed by atoms with E-state index in [0.717, 1.165) is 22.4 Å². The highest BCUT2D eigenvalue weighted by Crippen LogP contribution is 2.48. The van der Waals surface area contributed by atoms with Crippen molar-refractivity contribution in [1.29, 1.82) is 0 Å². The van der Waals surface area contributed by atoms with Gasteiger partial charge in [0.1, 0.15) is 5.82 Å². The van der Waals surface area contributed by atoms with Crippen molar-refractivity contribution in [2.45, 2.75) is 51.0 Å². The molecular weight excluding hydrogens is 254 g/mol. The van der Waals surface area contributed by atoms with Gasteiger partial charge in [-0.1, -0.05) is 18.9 Å². The van der Waals surface area contributed by atoms with Gasteiger partial charge in [-0.05, 0) is 62.4 Å². The van der Waals surface area contributed by atoms with Gasteiger partial charge in [-0.3, -0.25) is 0 Å². The van der Waals surface area contributed by atoms with Crippen LogP contribution in [0.15, 0.2) is 18.3 Å². The first-order valence-electron chi connectivity index (χ1n) is 7.20. The van der Waals surface area contributed by atoms with Crippen molar-refractivity contribution < 1.29 is 0 Å². The zero-order valence-corrected chi connectivity index (χ0v) is 12.2. The summed E-state index contributed by atoms with van der Waals surface area (Å²) in [6.45, 7) is 2.04. The second-order valence-electron chi connectivity index (χ2n) is 5.94. The molecule has 2 aliphatic carbocycles. The molecule has 2 aliphatic rings. The lowest BCUT2D eigenvalue weighted by Crippen LogP contribution is -2.49. The van der Waals surface area contributed by atoms with Crippen molar-refractivity contribution >= 4 is 23.1 Å². The summed E-state index contributed by atoms with van der Waals surface area (Å²) in [5.41, 5.74) is 1.43. The minimum Gasteiger partial charge on any atom is -0.357 e. The van der Waals surface area contributed by atoms with Crippen LogP contribution in [0, 0.1) is 12.8 Å². The van der Waals surface area contributed by atoms with E-state index in [9.17, 15) is 0 Å². The van der Waals surface area contributed by atoms with Crippen molar-refractivity contribution in [1.82, 2.24) is 10.3 Å². The summed E-state index contributed by atoms with van der Waals surface area (Å²) in [7, 11) is 0. The van der Waals surface area contributed by atoms with E-state index in [1.165, 1.54) is 38.5 Å². The van der Waals surface area contributed by atoms with Crippen molar-refractivity contribution in [2.24, 2.45) is 5.92 Å². The SMILES string of the molecule is Cc1ccc(NC(=S)NC2(C3CC3)CCCC2)nc1. The van der Waals surface area contributed by atoms with E-state index >= 15 is 0 Å². The lowest BCUT2D eigenvalue weighted by atomic mass is 9.91. The number of thiocarbonyl (C=S) groups is 1. The van der Waals surface area contributed by atoms with Crippen molar-refractivity contribution in [2.75, 3.05) is 5.32 Å². The Balaban J connectivity index is 1.62. The van der Waals surface area contributed by atoms with Crippen molar-refractivity contribution in [3.8, 4) is 0 Å². The molecular formula is C15H21N3S. The molecule has 2 saturated carbocycles. The monoisotopic (exact) mass is 275 g/mol. The van der Waals surface area contributed by atoms with Crippen LogP contribution in [0.4, 0.5) is 5.82 Å². The molecule has 0 unspecified atom stereocenters. The van der Waals surface area contributed by atoms with Crippen LogP contribution in [0.1, 0.15) is 44.1 Å². The summed E-state index contributed by atoms with van der Waals surface area (Å²) < 4.78 is 0. The first-order valence-corrected chi connectivity index (χ1v) is 7.61. The van der Waals surface area contributed by atoms with Crippen LogP contribution in [-0.4, -0.2) is 15.6 Å². The maximum absolute atomic E-state index is 5.46. The van der Waals surface area contributed by atoms with Crippen LogP contribution < -0.4 is 10.6 Å². The van der Waals surface area contributed by atoms with Gasteiger partial charge in [0.2, 0.25) is 0 Å². The third-order valence-corrected chi connectivity index (χ3v) is 4.57. The third kappa shape index (κ3) is 2.89. The fourth-order valence-electron chi connectivity index (χ4n) is 3.19. The number of pyridine rings is 1. The Morgan fingerprint density at radius 1 is 1.32 bits per heavy atom. The molecule has 0 aliphatic heterocycles. The largest absolute Gasteiger partial charge is 0.357 e. The summed E-state index contributed by atoms with van der Waals surface area (Å²) in [6, 6.07) is 4.02. The van der Waals surface area contributed by atoms with E-state index in [-0.39, 0.29) is 5.54 Å². The van der Waals surface area contributed by atoms with E-state index in [4.69, 9.17) is 12.2 Å². The highest BCUT2D eigenvalue weighted by Gasteiger charge is 2.47. The Labute approximate surface area is 120 Å². The Bertz CT molecular complexity index is 459. The first-order chi connectivity index (χ1) is 9.18. The predicted molar refractivity (Wildman–Crippen MR) is 82.3 cm³/mol. The zero-order valence-electron chi connectivity index (χ0n) is 11.4. The van der Waals surface area contributed by atoms with Gasteiger partial charge in [0, 0.05) is 11.7 Å². The molecule has 0 amide bonds. The Hall–Kier alpha value is -1.16. The van der Waals surface area contributed by atoms with E-state index in [1.807, 2.05) is 25.3 Å². The molecule has 0 saturated heterocycles. The Morgan fingerprint density at radius 3 is 2.63 bits per heavy atom. The molecule has 19 heavy (non-hydrogen) atoms. The Kier molecular flexibility index (Phi) is 3.44. The number of hydrogen-bond acceptors (Lipinski definition) is 2. The summed E-state index contributed by atoms with van der Waals surface area (Å²) in [5, 5.41) is 7.54. The molecule has 1 aromatic rings. The van der Waals surface area contributed by atoms with Gasteiger partial charge in [0.15, 0.2) is 5.11 Å². The zero-order chi connectivity index (χ0) is 13.3. The number of hydrogen-bond donors (Lipinski definition) is 2. The molecule has 1 aromatic heterocycles. The molecule has 2 fully saturated rings. The Morgan fingerprint density at radius 2 is 2.05 bits per heavy atom. The highest BCUT2D eigenvalue weighted by atomic mass is 32.1. The van der Waals surface area contributed by atoms with Gasteiger partial charge < -0.3 is 10.6 Å². The van der Waals surface area contributed by atoms with Crippen LogP contribution >= 0.6 is 12.2 Å². The molecule has 3 nitrogen and oxygen atoms in total. The molecule has 0 radical (unpaired) electrons. The number of nitrogens with zero attached hydrogens (tertiary/aromatic N) is 1. The molecule has 4 heteroatoms. The topological polar surface area (TPSA) is 37.0 Å². The maximum Gasteiger partial charge on any atom is 0.172 e. The molecule has 2 N–H and O–H groups in total. The van der Waals surface area contributed by atoms with Crippen LogP contribution in [0.25, 0.3) is 0 Å². The van der Waals surface area contributed by atoms with E-state index in [0.29, 0.717) is 0 Å². The molecule has 0 aromatic carbocycles.